The Morgan fingerprint density at radius 2 is 1.77 bits per heavy atom. The van der Waals surface area contributed by atoms with E-state index < -0.39 is 0 Å². The highest BCUT2D eigenvalue weighted by atomic mass is 16.1. The quantitative estimate of drug-likeness (QED) is 0.852. The fraction of sp³-hybridized carbons (Fsp3) is 0.565. The van der Waals surface area contributed by atoms with Gasteiger partial charge in [-0.2, -0.15) is 0 Å². The predicted octanol–water partition coefficient (Wildman–Crippen LogP) is 4.91. The second-order valence-corrected chi connectivity index (χ2v) is 8.83. The van der Waals surface area contributed by atoms with E-state index in [9.17, 15) is 4.79 Å². The molecule has 0 aliphatic heterocycles. The van der Waals surface area contributed by atoms with Gasteiger partial charge in [-0.25, -0.2) is 4.98 Å². The molecule has 4 saturated carbocycles. The molecule has 0 unspecified atom stereocenters. The molecule has 1 amide bonds. The number of pyridine rings is 1. The van der Waals surface area contributed by atoms with Gasteiger partial charge in [-0.1, -0.05) is 25.1 Å². The first-order chi connectivity index (χ1) is 12.7. The molecule has 0 radical (unpaired) electrons. The smallest absolute Gasteiger partial charge is 0.269 e. The zero-order valence-electron chi connectivity index (χ0n) is 15.6. The molecule has 26 heavy (non-hydrogen) atoms. The minimum atomic E-state index is -0.0253. The maximum atomic E-state index is 12.6. The summed E-state index contributed by atoms with van der Waals surface area (Å²) in [7, 11) is 0. The molecule has 1 aromatic carbocycles. The molecule has 6 rings (SSSR count). The lowest BCUT2D eigenvalue weighted by atomic mass is 9.50. The van der Waals surface area contributed by atoms with Crippen LogP contribution in [-0.4, -0.2) is 17.4 Å². The summed E-state index contributed by atoms with van der Waals surface area (Å²) in [6, 6.07) is 10.5. The van der Waals surface area contributed by atoms with Crippen LogP contribution in [0.4, 0.5) is 0 Å². The van der Waals surface area contributed by atoms with Crippen LogP contribution in [0.5, 0.6) is 0 Å². The van der Waals surface area contributed by atoms with Crippen LogP contribution in [0, 0.1) is 23.7 Å². The van der Waals surface area contributed by atoms with E-state index >= 15 is 0 Å². The topological polar surface area (TPSA) is 42.0 Å². The number of nitrogens with zero attached hydrogens (tertiary/aromatic N) is 1. The highest BCUT2D eigenvalue weighted by Crippen LogP contribution is 2.60. The maximum absolute atomic E-state index is 12.6. The van der Waals surface area contributed by atoms with Crippen LogP contribution in [0.1, 0.15) is 67.4 Å². The molecular weight excluding hydrogens is 320 g/mol. The van der Waals surface area contributed by atoms with Gasteiger partial charge in [0, 0.05) is 11.9 Å². The van der Waals surface area contributed by atoms with Crippen LogP contribution in [0.3, 0.4) is 0 Å². The van der Waals surface area contributed by atoms with E-state index in [0.717, 1.165) is 35.6 Å². The molecule has 1 aromatic heterocycles. The van der Waals surface area contributed by atoms with Gasteiger partial charge in [0.1, 0.15) is 5.69 Å². The summed E-state index contributed by atoms with van der Waals surface area (Å²) < 4.78 is 0. The summed E-state index contributed by atoms with van der Waals surface area (Å²) in [5.74, 6) is 4.15. The van der Waals surface area contributed by atoms with Crippen molar-refractivity contribution in [2.45, 2.75) is 51.4 Å². The van der Waals surface area contributed by atoms with Crippen molar-refractivity contribution in [1.29, 1.82) is 0 Å². The van der Waals surface area contributed by atoms with E-state index in [4.69, 9.17) is 0 Å². The molecule has 1 heterocycles. The molecule has 0 saturated heterocycles. The second-order valence-electron chi connectivity index (χ2n) is 8.83. The largest absolute Gasteiger partial charge is 0.351 e. The molecule has 4 bridgehead atoms. The van der Waals surface area contributed by atoms with Crippen LogP contribution in [0.2, 0.25) is 0 Å². The third kappa shape index (κ3) is 2.64. The molecule has 4 fully saturated rings. The molecule has 136 valence electrons. The lowest BCUT2D eigenvalue weighted by molar-refractivity contribution is -0.00234. The SMILES string of the molecule is CCCNC(=O)c1cc(C2C3CC4CC(C3)CC2C4)c2ccccc2n1. The van der Waals surface area contributed by atoms with Crippen molar-refractivity contribution < 1.29 is 4.79 Å². The van der Waals surface area contributed by atoms with Gasteiger partial charge in [0.2, 0.25) is 0 Å². The number of amides is 1. The first kappa shape index (κ1) is 16.3. The Morgan fingerprint density at radius 1 is 1.08 bits per heavy atom. The summed E-state index contributed by atoms with van der Waals surface area (Å²) >= 11 is 0. The van der Waals surface area contributed by atoms with Crippen molar-refractivity contribution in [3.05, 3.63) is 41.6 Å². The molecule has 0 spiro atoms. The molecule has 0 atom stereocenters. The summed E-state index contributed by atoms with van der Waals surface area (Å²) in [6.07, 6.45) is 8.00. The molecule has 3 heteroatoms. The van der Waals surface area contributed by atoms with Crippen LogP contribution >= 0.6 is 0 Å². The zero-order chi connectivity index (χ0) is 17.7. The second kappa shape index (κ2) is 6.37. The van der Waals surface area contributed by atoms with Gasteiger partial charge in [0.05, 0.1) is 5.52 Å². The number of rotatable bonds is 4. The van der Waals surface area contributed by atoms with Crippen LogP contribution in [0.15, 0.2) is 30.3 Å². The average Bonchev–Trinajstić information content (AvgIpc) is 2.65. The van der Waals surface area contributed by atoms with Crippen molar-refractivity contribution >= 4 is 16.8 Å². The van der Waals surface area contributed by atoms with E-state index in [1.54, 1.807) is 0 Å². The van der Waals surface area contributed by atoms with Crippen LogP contribution in [-0.2, 0) is 0 Å². The number of carbonyl (C=O) groups excluding carboxylic acids is 1. The fourth-order valence-corrected chi connectivity index (χ4v) is 6.36. The van der Waals surface area contributed by atoms with E-state index in [0.29, 0.717) is 18.2 Å². The number of carbonyl (C=O) groups is 1. The molecule has 2 aromatic rings. The van der Waals surface area contributed by atoms with Crippen LogP contribution < -0.4 is 5.32 Å². The summed E-state index contributed by atoms with van der Waals surface area (Å²) in [5.41, 5.74) is 2.97. The normalized spacial score (nSPS) is 32.1. The Bertz CT molecular complexity index is 815. The monoisotopic (exact) mass is 348 g/mol. The first-order valence-corrected chi connectivity index (χ1v) is 10.4. The van der Waals surface area contributed by atoms with Gasteiger partial charge < -0.3 is 5.32 Å². The average molecular weight is 348 g/mol. The Labute approximate surface area is 155 Å². The highest BCUT2D eigenvalue weighted by Gasteiger charge is 2.49. The summed E-state index contributed by atoms with van der Waals surface area (Å²) in [4.78, 5) is 17.3. The Morgan fingerprint density at radius 3 is 2.46 bits per heavy atom. The van der Waals surface area contributed by atoms with Crippen molar-refractivity contribution in [3.63, 3.8) is 0 Å². The number of hydrogen-bond donors (Lipinski definition) is 1. The number of hydrogen-bond acceptors (Lipinski definition) is 2. The standard InChI is InChI=1S/C23H28N2O/c1-2-7-24-23(26)21-13-19(18-5-3-4-6-20(18)25-21)22-16-9-14-8-15(11-16)12-17(22)10-14/h3-6,13-17,22H,2,7-12H2,1H3,(H,24,26). The number of benzene rings is 1. The van der Waals surface area contributed by atoms with Gasteiger partial charge >= 0.3 is 0 Å². The van der Waals surface area contributed by atoms with E-state index in [2.05, 4.69) is 41.5 Å². The number of aromatic nitrogens is 1. The lowest BCUT2D eigenvalue weighted by Gasteiger charge is -2.54. The maximum Gasteiger partial charge on any atom is 0.269 e. The van der Waals surface area contributed by atoms with Gasteiger partial charge in [-0.3, -0.25) is 4.79 Å². The van der Waals surface area contributed by atoms with Crippen molar-refractivity contribution in [2.24, 2.45) is 23.7 Å². The first-order valence-electron chi connectivity index (χ1n) is 10.4. The van der Waals surface area contributed by atoms with E-state index in [1.165, 1.54) is 43.1 Å². The third-order valence-electron chi connectivity index (χ3n) is 7.10. The molecule has 1 N–H and O–H groups in total. The van der Waals surface area contributed by atoms with E-state index in [-0.39, 0.29) is 5.91 Å². The minimum Gasteiger partial charge on any atom is -0.351 e. The molecule has 4 aliphatic rings. The van der Waals surface area contributed by atoms with Gasteiger partial charge in [-0.15, -0.1) is 0 Å². The number of fused-ring (bicyclic) bond motifs is 1. The Balaban J connectivity index is 1.59. The van der Waals surface area contributed by atoms with E-state index in [1.807, 2.05) is 6.07 Å². The zero-order valence-corrected chi connectivity index (χ0v) is 15.6. The minimum absolute atomic E-state index is 0.0253. The van der Waals surface area contributed by atoms with Gasteiger partial charge in [0.15, 0.2) is 0 Å². The predicted molar refractivity (Wildman–Crippen MR) is 104 cm³/mol. The molecule has 3 nitrogen and oxygen atoms in total. The summed E-state index contributed by atoms with van der Waals surface area (Å²) in [5, 5.41) is 4.27. The number of nitrogens with one attached hydrogen (secondary N) is 1. The van der Waals surface area contributed by atoms with Gasteiger partial charge in [0.25, 0.3) is 5.91 Å². The number of para-hydroxylation sites is 1. The van der Waals surface area contributed by atoms with Crippen molar-refractivity contribution in [2.75, 3.05) is 6.54 Å². The van der Waals surface area contributed by atoms with Crippen LogP contribution in [0.25, 0.3) is 10.9 Å². The Hall–Kier alpha value is -1.90. The van der Waals surface area contributed by atoms with Crippen molar-refractivity contribution in [3.8, 4) is 0 Å². The van der Waals surface area contributed by atoms with Gasteiger partial charge in [-0.05, 0) is 85.8 Å². The summed E-state index contributed by atoms with van der Waals surface area (Å²) in [6.45, 7) is 2.79. The Kier molecular flexibility index (Phi) is 3.99. The highest BCUT2D eigenvalue weighted by molar-refractivity contribution is 5.96. The fourth-order valence-electron chi connectivity index (χ4n) is 6.36. The molecular formula is C23H28N2O. The lowest BCUT2D eigenvalue weighted by Crippen LogP contribution is -2.43. The molecule has 4 aliphatic carbocycles. The van der Waals surface area contributed by atoms with Crippen molar-refractivity contribution in [1.82, 2.24) is 10.3 Å². The third-order valence-corrected chi connectivity index (χ3v) is 7.10.